The molecule has 1 amide bonds. The Balaban J connectivity index is 1.34. The summed E-state index contributed by atoms with van der Waals surface area (Å²) in [6.07, 6.45) is 3.07. The Morgan fingerprint density at radius 2 is 1.79 bits per heavy atom. The number of fused-ring (bicyclic) bond motifs is 1. The molecule has 2 aliphatic heterocycles. The Hall–Kier alpha value is -4.87. The van der Waals surface area contributed by atoms with E-state index in [4.69, 9.17) is 29.4 Å². The highest BCUT2D eigenvalue weighted by Gasteiger charge is 2.26. The zero-order chi connectivity index (χ0) is 34.0. The smallest absolute Gasteiger partial charge is 0.274 e. The molecule has 2 aliphatic rings. The van der Waals surface area contributed by atoms with Crippen molar-refractivity contribution in [3.05, 3.63) is 59.8 Å². The zero-order valence-corrected chi connectivity index (χ0v) is 26.9. The number of amides is 1. The van der Waals surface area contributed by atoms with Crippen LogP contribution in [0.4, 0.5) is 26.1 Å². The van der Waals surface area contributed by atoms with Crippen LogP contribution in [0.15, 0.2) is 42.6 Å². The van der Waals surface area contributed by atoms with E-state index in [2.05, 4.69) is 9.71 Å². The molecular weight excluding hydrogens is 652 g/mol. The van der Waals surface area contributed by atoms with E-state index in [0.717, 1.165) is 12.3 Å². The van der Waals surface area contributed by atoms with E-state index in [9.17, 15) is 17.6 Å². The number of morpholine rings is 1. The molecule has 2 aromatic carbocycles. The Kier molecular flexibility index (Phi) is 9.43. The summed E-state index contributed by atoms with van der Waals surface area (Å²) in [5.74, 6) is -1.41. The predicted molar refractivity (Wildman–Crippen MR) is 172 cm³/mol. The number of methoxy groups -OCH3 is 1. The van der Waals surface area contributed by atoms with E-state index in [1.807, 2.05) is 9.80 Å². The third-order valence-corrected chi connectivity index (χ3v) is 8.60. The van der Waals surface area contributed by atoms with Crippen molar-refractivity contribution >= 4 is 44.2 Å². The second kappa shape index (κ2) is 13.7. The van der Waals surface area contributed by atoms with Gasteiger partial charge in [-0.3, -0.25) is 14.7 Å². The second-order valence-electron chi connectivity index (χ2n) is 11.3. The van der Waals surface area contributed by atoms with Crippen LogP contribution in [0.25, 0.3) is 22.2 Å². The van der Waals surface area contributed by atoms with Crippen LogP contribution >= 0.6 is 0 Å². The largest absolute Gasteiger partial charge is 0.488 e. The minimum atomic E-state index is -3.69. The fraction of sp³-hybridized carbons (Fsp3) is 0.355. The Labute approximate surface area is 274 Å². The standard InChI is InChI=1S/C31H33F2N7O7S/c1-45-30-24(38-48(2,43)44)14-19(17-34-30)27-22-15-20(32)16-26(28(22)36-31(35-27)40-9-11-46-12-10-40)47-21-5-7-39(8-6-21)25-4-3-18(13-23(25)33)29(41)37-42/h3-4,13-17,21,38,42H,5-12H2,1-2H3,(H,37,41). The highest BCUT2D eigenvalue weighted by molar-refractivity contribution is 7.92. The van der Waals surface area contributed by atoms with Crippen molar-refractivity contribution in [1.29, 1.82) is 0 Å². The number of aromatic nitrogens is 3. The van der Waals surface area contributed by atoms with Crippen LogP contribution in [0.3, 0.4) is 0 Å². The molecule has 254 valence electrons. The molecule has 0 spiro atoms. The normalized spacial score (nSPS) is 15.8. The average molecular weight is 686 g/mol. The van der Waals surface area contributed by atoms with Crippen molar-refractivity contribution in [3.8, 4) is 22.9 Å². The lowest BCUT2D eigenvalue weighted by atomic mass is 10.0. The summed E-state index contributed by atoms with van der Waals surface area (Å²) in [6, 6.07) is 8.04. The van der Waals surface area contributed by atoms with Crippen molar-refractivity contribution < 1.29 is 41.4 Å². The quantitative estimate of drug-likeness (QED) is 0.174. The molecule has 0 saturated carbocycles. The molecule has 0 bridgehead atoms. The molecule has 2 aromatic heterocycles. The van der Waals surface area contributed by atoms with Gasteiger partial charge in [-0.15, -0.1) is 0 Å². The minimum absolute atomic E-state index is 0.0129. The van der Waals surface area contributed by atoms with E-state index < -0.39 is 27.6 Å². The van der Waals surface area contributed by atoms with E-state index >= 15 is 4.39 Å². The molecule has 2 fully saturated rings. The maximum Gasteiger partial charge on any atom is 0.274 e. The van der Waals surface area contributed by atoms with Crippen LogP contribution < -0.4 is 29.5 Å². The van der Waals surface area contributed by atoms with Crippen LogP contribution in [-0.4, -0.2) is 93.3 Å². The first-order valence-electron chi connectivity index (χ1n) is 15.0. The molecule has 14 nitrogen and oxygen atoms in total. The third kappa shape index (κ3) is 7.17. The molecule has 3 N–H and O–H groups in total. The summed E-state index contributed by atoms with van der Waals surface area (Å²) in [7, 11) is -2.33. The van der Waals surface area contributed by atoms with Gasteiger partial charge in [0.05, 0.1) is 38.0 Å². The molecule has 0 aliphatic carbocycles. The van der Waals surface area contributed by atoms with Gasteiger partial charge in [-0.25, -0.2) is 37.6 Å². The van der Waals surface area contributed by atoms with Crippen molar-refractivity contribution in [3.63, 3.8) is 0 Å². The van der Waals surface area contributed by atoms with Gasteiger partial charge in [0.2, 0.25) is 21.9 Å². The molecule has 2 saturated heterocycles. The summed E-state index contributed by atoms with van der Waals surface area (Å²) in [5.41, 5.74) is 2.91. The van der Waals surface area contributed by atoms with Crippen LogP contribution in [0.5, 0.6) is 11.6 Å². The van der Waals surface area contributed by atoms with Crippen LogP contribution in [0.1, 0.15) is 23.2 Å². The van der Waals surface area contributed by atoms with Crippen LogP contribution in [0.2, 0.25) is 0 Å². The SMILES string of the molecule is COc1ncc(-c2nc(N3CCOCC3)nc3c(OC4CCN(c5ccc(C(=O)NO)cc5F)CC4)cc(F)cc23)cc1NS(C)(=O)=O. The number of sulfonamides is 1. The van der Waals surface area contributed by atoms with Gasteiger partial charge in [-0.1, -0.05) is 0 Å². The number of hydrogen-bond donors (Lipinski definition) is 3. The second-order valence-corrected chi connectivity index (χ2v) is 13.1. The van der Waals surface area contributed by atoms with Gasteiger partial charge in [0, 0.05) is 67.8 Å². The lowest BCUT2D eigenvalue weighted by Gasteiger charge is -2.34. The first kappa shape index (κ1) is 33.0. The number of anilines is 3. The first-order chi connectivity index (χ1) is 23.0. The van der Waals surface area contributed by atoms with Crippen molar-refractivity contribution in [2.24, 2.45) is 0 Å². The minimum Gasteiger partial charge on any atom is -0.488 e. The van der Waals surface area contributed by atoms with E-state index in [-0.39, 0.29) is 29.0 Å². The number of hydrogen-bond acceptors (Lipinski definition) is 12. The molecule has 17 heteroatoms. The lowest BCUT2D eigenvalue weighted by molar-refractivity contribution is 0.0706. The molecule has 0 unspecified atom stereocenters. The van der Waals surface area contributed by atoms with E-state index in [1.165, 1.54) is 49.1 Å². The fourth-order valence-electron chi connectivity index (χ4n) is 5.75. The van der Waals surface area contributed by atoms with Gasteiger partial charge in [0.15, 0.2) is 0 Å². The summed E-state index contributed by atoms with van der Waals surface area (Å²) < 4.78 is 73.9. The number of nitrogens with zero attached hydrogens (tertiary/aromatic N) is 5. The van der Waals surface area contributed by atoms with Gasteiger partial charge in [0.1, 0.15) is 34.7 Å². The maximum absolute atomic E-state index is 15.3. The molecule has 0 atom stereocenters. The van der Waals surface area contributed by atoms with E-state index in [1.54, 1.807) is 0 Å². The summed E-state index contributed by atoms with van der Waals surface area (Å²) in [5, 5.41) is 9.16. The summed E-state index contributed by atoms with van der Waals surface area (Å²) >= 11 is 0. The molecule has 4 aromatic rings. The first-order valence-corrected chi connectivity index (χ1v) is 16.9. The number of rotatable bonds is 9. The summed E-state index contributed by atoms with van der Waals surface area (Å²) in [6.45, 7) is 2.81. The monoisotopic (exact) mass is 685 g/mol. The van der Waals surface area contributed by atoms with Crippen LogP contribution in [0, 0.1) is 11.6 Å². The predicted octanol–water partition coefficient (Wildman–Crippen LogP) is 3.35. The number of benzene rings is 2. The van der Waals surface area contributed by atoms with Crippen molar-refractivity contribution in [1.82, 2.24) is 20.4 Å². The van der Waals surface area contributed by atoms with Gasteiger partial charge >= 0.3 is 0 Å². The number of carbonyl (C=O) groups excluding carboxylic acids is 1. The van der Waals surface area contributed by atoms with Crippen molar-refractivity contribution in [2.75, 3.05) is 67.3 Å². The molecule has 6 rings (SSSR count). The van der Waals surface area contributed by atoms with Gasteiger partial charge in [-0.05, 0) is 30.3 Å². The maximum atomic E-state index is 15.3. The van der Waals surface area contributed by atoms with Crippen LogP contribution in [-0.2, 0) is 14.8 Å². The number of halogens is 2. The third-order valence-electron chi connectivity index (χ3n) is 8.01. The topological polar surface area (TPSA) is 168 Å². The fourth-order valence-corrected chi connectivity index (χ4v) is 6.30. The Bertz CT molecular complexity index is 1950. The highest BCUT2D eigenvalue weighted by Crippen LogP contribution is 2.37. The lowest BCUT2D eigenvalue weighted by Crippen LogP contribution is -2.39. The molecule has 4 heterocycles. The number of piperidine rings is 1. The number of nitrogens with one attached hydrogen (secondary N) is 2. The summed E-state index contributed by atoms with van der Waals surface area (Å²) in [4.78, 5) is 29.3. The Morgan fingerprint density at radius 3 is 2.46 bits per heavy atom. The molecule has 48 heavy (non-hydrogen) atoms. The van der Waals surface area contributed by atoms with Gasteiger partial charge in [-0.2, -0.15) is 0 Å². The number of pyridine rings is 1. The van der Waals surface area contributed by atoms with Gasteiger partial charge in [0.25, 0.3) is 5.91 Å². The average Bonchev–Trinajstić information content (AvgIpc) is 3.07. The van der Waals surface area contributed by atoms with Crippen molar-refractivity contribution in [2.45, 2.75) is 18.9 Å². The number of ether oxygens (including phenoxy) is 3. The molecule has 0 radical (unpaired) electrons. The van der Waals surface area contributed by atoms with Gasteiger partial charge < -0.3 is 24.0 Å². The highest BCUT2D eigenvalue weighted by atomic mass is 32.2. The Morgan fingerprint density at radius 1 is 1.04 bits per heavy atom. The number of carbonyl (C=O) groups is 1. The van der Waals surface area contributed by atoms with E-state index in [0.29, 0.717) is 86.0 Å². The number of hydroxylamine groups is 1. The zero-order valence-electron chi connectivity index (χ0n) is 26.1. The molecular formula is C31H33F2N7O7S.